The highest BCUT2D eigenvalue weighted by atomic mass is 16.5. The van der Waals surface area contributed by atoms with Gasteiger partial charge in [-0.1, -0.05) is 44.2 Å². The third-order valence-corrected chi connectivity index (χ3v) is 5.08. The lowest BCUT2D eigenvalue weighted by Gasteiger charge is -2.11. The second-order valence-electron chi connectivity index (χ2n) is 7.20. The molecule has 0 fully saturated rings. The summed E-state index contributed by atoms with van der Waals surface area (Å²) in [5.41, 5.74) is 1.28. The molecule has 3 aromatic rings. The molecule has 2 N–H and O–H groups in total. The number of anilines is 1. The van der Waals surface area contributed by atoms with Crippen LogP contribution in [0.5, 0.6) is 0 Å². The van der Waals surface area contributed by atoms with Crippen LogP contribution in [-0.2, 0) is 16.1 Å². The molecule has 0 aliphatic carbocycles. The number of carbonyl (C=O) groups is 2. The zero-order chi connectivity index (χ0) is 22.4. The van der Waals surface area contributed by atoms with Crippen LogP contribution in [0, 0.1) is 0 Å². The second kappa shape index (κ2) is 9.99. The minimum Gasteiger partial charge on any atom is -0.451 e. The Morgan fingerprint density at radius 2 is 1.81 bits per heavy atom. The van der Waals surface area contributed by atoms with E-state index in [-0.39, 0.29) is 24.2 Å². The van der Waals surface area contributed by atoms with Crippen LogP contribution in [0.15, 0.2) is 53.3 Å². The Morgan fingerprint density at radius 1 is 1.13 bits per heavy atom. The number of nitrogens with one attached hydrogen (secondary N) is 1. The predicted molar refractivity (Wildman–Crippen MR) is 117 cm³/mol. The molecule has 31 heavy (non-hydrogen) atoms. The van der Waals surface area contributed by atoms with Gasteiger partial charge in [0.25, 0.3) is 11.5 Å². The Labute approximate surface area is 179 Å². The number of carbonyl (C=O) groups excluding carboxylic acids is 2. The Hall–Kier alpha value is -3.52. The number of aliphatic hydroxyl groups is 1. The summed E-state index contributed by atoms with van der Waals surface area (Å²) in [5, 5.41) is 16.5. The first kappa shape index (κ1) is 22.2. The number of rotatable bonds is 8. The summed E-state index contributed by atoms with van der Waals surface area (Å²) in [7, 11) is 0. The summed E-state index contributed by atoms with van der Waals surface area (Å²) in [5.74, 6) is -0.884. The minimum atomic E-state index is -0.829. The SMILES string of the molecule is CC[C@H](C)c1ccc(NC(=O)COC(=O)c2nn(CCO)c(=O)c3ccccc23)cc1. The lowest BCUT2D eigenvalue weighted by Crippen LogP contribution is -2.28. The first-order valence-corrected chi connectivity index (χ1v) is 10.1. The number of benzene rings is 2. The maximum Gasteiger partial charge on any atom is 0.359 e. The van der Waals surface area contributed by atoms with Crippen LogP contribution in [0.1, 0.15) is 42.2 Å². The molecule has 162 valence electrons. The smallest absolute Gasteiger partial charge is 0.359 e. The lowest BCUT2D eigenvalue weighted by atomic mass is 9.99. The number of hydrogen-bond acceptors (Lipinski definition) is 6. The van der Waals surface area contributed by atoms with Crippen molar-refractivity contribution < 1.29 is 19.4 Å². The number of amides is 1. The fraction of sp³-hybridized carbons (Fsp3) is 0.304. The molecule has 0 radical (unpaired) electrons. The molecule has 0 spiro atoms. The molecule has 8 heteroatoms. The molecule has 0 bridgehead atoms. The Bertz CT molecular complexity index is 1140. The number of ether oxygens (including phenoxy) is 1. The summed E-state index contributed by atoms with van der Waals surface area (Å²) in [6.45, 7) is 3.38. The summed E-state index contributed by atoms with van der Waals surface area (Å²) in [6, 6.07) is 14.0. The highest BCUT2D eigenvalue weighted by Crippen LogP contribution is 2.20. The third-order valence-electron chi connectivity index (χ3n) is 5.08. The van der Waals surface area contributed by atoms with E-state index in [2.05, 4.69) is 24.3 Å². The van der Waals surface area contributed by atoms with Crippen molar-refractivity contribution in [2.24, 2.45) is 0 Å². The van der Waals surface area contributed by atoms with E-state index < -0.39 is 24.0 Å². The highest BCUT2D eigenvalue weighted by Gasteiger charge is 2.19. The van der Waals surface area contributed by atoms with Gasteiger partial charge in [-0.25, -0.2) is 9.48 Å². The monoisotopic (exact) mass is 423 g/mol. The standard InChI is InChI=1S/C23H25N3O5/c1-3-15(2)16-8-10-17(11-9-16)24-20(28)14-31-23(30)21-18-6-4-5-7-19(18)22(29)26(25-21)12-13-27/h4-11,15,27H,3,12-14H2,1-2H3,(H,24,28)/t15-/m0/s1. The van der Waals surface area contributed by atoms with Gasteiger partial charge in [-0.15, -0.1) is 0 Å². The van der Waals surface area contributed by atoms with Crippen molar-refractivity contribution in [2.45, 2.75) is 32.7 Å². The van der Waals surface area contributed by atoms with Crippen LogP contribution in [0.2, 0.25) is 0 Å². The van der Waals surface area contributed by atoms with Gasteiger partial charge in [0.15, 0.2) is 12.3 Å². The van der Waals surface area contributed by atoms with Crippen LogP contribution >= 0.6 is 0 Å². The maximum absolute atomic E-state index is 12.6. The van der Waals surface area contributed by atoms with Crippen molar-refractivity contribution in [2.75, 3.05) is 18.5 Å². The van der Waals surface area contributed by atoms with Crippen LogP contribution < -0.4 is 10.9 Å². The van der Waals surface area contributed by atoms with Crippen molar-refractivity contribution in [1.82, 2.24) is 9.78 Å². The zero-order valence-corrected chi connectivity index (χ0v) is 17.5. The lowest BCUT2D eigenvalue weighted by molar-refractivity contribution is -0.119. The van der Waals surface area contributed by atoms with E-state index in [9.17, 15) is 14.4 Å². The second-order valence-corrected chi connectivity index (χ2v) is 7.20. The third kappa shape index (κ3) is 5.16. The van der Waals surface area contributed by atoms with Crippen molar-refractivity contribution >= 4 is 28.3 Å². The average molecular weight is 423 g/mol. The van der Waals surface area contributed by atoms with Gasteiger partial charge in [-0.05, 0) is 36.1 Å². The van der Waals surface area contributed by atoms with E-state index >= 15 is 0 Å². The molecule has 1 amide bonds. The maximum atomic E-state index is 12.6. The molecule has 1 heterocycles. The van der Waals surface area contributed by atoms with Gasteiger partial charge >= 0.3 is 5.97 Å². The van der Waals surface area contributed by atoms with Gasteiger partial charge in [-0.3, -0.25) is 9.59 Å². The number of esters is 1. The topological polar surface area (TPSA) is 111 Å². The van der Waals surface area contributed by atoms with E-state index in [1.54, 1.807) is 36.4 Å². The largest absolute Gasteiger partial charge is 0.451 e. The molecule has 2 aromatic carbocycles. The number of fused-ring (bicyclic) bond motifs is 1. The fourth-order valence-corrected chi connectivity index (χ4v) is 3.16. The van der Waals surface area contributed by atoms with Crippen LogP contribution in [0.4, 0.5) is 5.69 Å². The Kier molecular flexibility index (Phi) is 7.15. The quantitative estimate of drug-likeness (QED) is 0.539. The van der Waals surface area contributed by atoms with Crippen LogP contribution in [0.3, 0.4) is 0 Å². The normalized spacial score (nSPS) is 11.8. The van der Waals surface area contributed by atoms with Crippen molar-refractivity contribution in [3.8, 4) is 0 Å². The van der Waals surface area contributed by atoms with E-state index in [1.807, 2.05) is 12.1 Å². The summed E-state index contributed by atoms with van der Waals surface area (Å²) in [6.07, 6.45) is 1.02. The first-order valence-electron chi connectivity index (χ1n) is 10.1. The van der Waals surface area contributed by atoms with Gasteiger partial charge in [-0.2, -0.15) is 5.10 Å². The molecule has 0 aliphatic heterocycles. The highest BCUT2D eigenvalue weighted by molar-refractivity contribution is 6.03. The van der Waals surface area contributed by atoms with Gasteiger partial charge in [0.1, 0.15) is 0 Å². The van der Waals surface area contributed by atoms with E-state index in [0.29, 0.717) is 17.0 Å². The summed E-state index contributed by atoms with van der Waals surface area (Å²) >= 11 is 0. The zero-order valence-electron chi connectivity index (χ0n) is 17.5. The predicted octanol–water partition coefficient (Wildman–Crippen LogP) is 2.70. The molecule has 1 atom stereocenters. The Balaban J connectivity index is 1.70. The van der Waals surface area contributed by atoms with Crippen molar-refractivity contribution in [3.05, 3.63) is 70.1 Å². The molecule has 0 saturated carbocycles. The van der Waals surface area contributed by atoms with Crippen LogP contribution in [0.25, 0.3) is 10.8 Å². The minimum absolute atomic E-state index is 0.0585. The molecule has 0 unspecified atom stereocenters. The van der Waals surface area contributed by atoms with E-state index in [1.165, 1.54) is 5.56 Å². The molecule has 1 aromatic heterocycles. The van der Waals surface area contributed by atoms with Gasteiger partial charge < -0.3 is 15.2 Å². The number of aromatic nitrogens is 2. The molecular weight excluding hydrogens is 398 g/mol. The molecule has 0 saturated heterocycles. The van der Waals surface area contributed by atoms with Crippen molar-refractivity contribution in [3.63, 3.8) is 0 Å². The number of hydrogen-bond donors (Lipinski definition) is 2. The van der Waals surface area contributed by atoms with Gasteiger partial charge in [0.05, 0.1) is 18.5 Å². The van der Waals surface area contributed by atoms with Gasteiger partial charge in [0, 0.05) is 11.1 Å². The molecular formula is C23H25N3O5. The molecule has 3 rings (SSSR count). The summed E-state index contributed by atoms with van der Waals surface area (Å²) in [4.78, 5) is 37.2. The fourth-order valence-electron chi connectivity index (χ4n) is 3.16. The van der Waals surface area contributed by atoms with Crippen LogP contribution in [-0.4, -0.2) is 40.0 Å². The number of nitrogens with zero attached hydrogens (tertiary/aromatic N) is 2. The molecule has 8 nitrogen and oxygen atoms in total. The van der Waals surface area contributed by atoms with E-state index in [0.717, 1.165) is 11.1 Å². The number of aliphatic hydroxyl groups excluding tert-OH is 1. The average Bonchev–Trinajstić information content (AvgIpc) is 2.79. The molecule has 0 aliphatic rings. The van der Waals surface area contributed by atoms with Gasteiger partial charge in [0.2, 0.25) is 0 Å². The van der Waals surface area contributed by atoms with E-state index in [4.69, 9.17) is 9.84 Å². The Morgan fingerprint density at radius 3 is 2.45 bits per heavy atom. The summed E-state index contributed by atoms with van der Waals surface area (Å²) < 4.78 is 6.14. The van der Waals surface area contributed by atoms with Crippen molar-refractivity contribution in [1.29, 1.82) is 0 Å². The first-order chi connectivity index (χ1) is 14.9.